The monoisotopic (exact) mass is 424 g/mol. The van der Waals surface area contributed by atoms with Gasteiger partial charge in [-0.3, -0.25) is 14.5 Å². The third-order valence-electron chi connectivity index (χ3n) is 4.85. The van der Waals surface area contributed by atoms with Crippen LogP contribution in [0.3, 0.4) is 0 Å². The summed E-state index contributed by atoms with van der Waals surface area (Å²) in [6.45, 7) is 4.14. The van der Waals surface area contributed by atoms with Crippen LogP contribution < -0.4 is 0 Å². The van der Waals surface area contributed by atoms with Crippen LogP contribution in [-0.2, 0) is 16.1 Å². The SMILES string of the molecule is COC(=O)c1ccc(CN2C(=O)S/C(=C/c3cn(C(C)C)c4ccccc34)C2=O)o1. The van der Waals surface area contributed by atoms with Gasteiger partial charge in [0.15, 0.2) is 0 Å². The molecule has 1 fully saturated rings. The molecule has 1 saturated heterocycles. The topological polar surface area (TPSA) is 81.8 Å². The molecular weight excluding hydrogens is 404 g/mol. The van der Waals surface area contributed by atoms with E-state index in [1.807, 2.05) is 30.5 Å². The van der Waals surface area contributed by atoms with Crippen molar-refractivity contribution in [3.8, 4) is 0 Å². The van der Waals surface area contributed by atoms with Crippen LogP contribution in [0.15, 0.2) is 51.9 Å². The largest absolute Gasteiger partial charge is 0.463 e. The summed E-state index contributed by atoms with van der Waals surface area (Å²) in [5.41, 5.74) is 1.96. The van der Waals surface area contributed by atoms with Crippen LogP contribution in [0, 0.1) is 0 Å². The Morgan fingerprint density at radius 1 is 1.20 bits per heavy atom. The van der Waals surface area contributed by atoms with Crippen LogP contribution in [0.1, 0.15) is 41.8 Å². The van der Waals surface area contributed by atoms with Gasteiger partial charge in [-0.15, -0.1) is 0 Å². The van der Waals surface area contributed by atoms with E-state index in [1.165, 1.54) is 13.2 Å². The van der Waals surface area contributed by atoms with Gasteiger partial charge >= 0.3 is 5.97 Å². The van der Waals surface area contributed by atoms with Crippen molar-refractivity contribution in [3.63, 3.8) is 0 Å². The molecule has 0 spiro atoms. The van der Waals surface area contributed by atoms with Gasteiger partial charge in [-0.2, -0.15) is 0 Å². The fourth-order valence-electron chi connectivity index (χ4n) is 3.38. The molecule has 8 heteroatoms. The minimum absolute atomic E-state index is 0.0245. The van der Waals surface area contributed by atoms with E-state index in [0.29, 0.717) is 10.7 Å². The first-order chi connectivity index (χ1) is 14.4. The van der Waals surface area contributed by atoms with Crippen molar-refractivity contribution in [2.24, 2.45) is 0 Å². The zero-order valence-corrected chi connectivity index (χ0v) is 17.6. The Labute approximate surface area is 177 Å². The third-order valence-corrected chi connectivity index (χ3v) is 5.76. The van der Waals surface area contributed by atoms with Crippen molar-refractivity contribution >= 4 is 45.9 Å². The molecule has 2 amide bonds. The fourth-order valence-corrected chi connectivity index (χ4v) is 4.21. The molecule has 4 rings (SSSR count). The van der Waals surface area contributed by atoms with E-state index in [4.69, 9.17) is 4.42 Å². The predicted octanol–water partition coefficient (Wildman–Crippen LogP) is 4.84. The van der Waals surface area contributed by atoms with E-state index in [1.54, 1.807) is 12.1 Å². The second kappa shape index (κ2) is 7.87. The second-order valence-electron chi connectivity index (χ2n) is 7.13. The molecule has 2 aromatic heterocycles. The number of nitrogens with zero attached hydrogens (tertiary/aromatic N) is 2. The van der Waals surface area contributed by atoms with Crippen LogP contribution >= 0.6 is 11.8 Å². The quantitative estimate of drug-likeness (QED) is 0.431. The molecule has 0 bridgehead atoms. The Bertz CT molecular complexity index is 1190. The van der Waals surface area contributed by atoms with Crippen molar-refractivity contribution in [1.82, 2.24) is 9.47 Å². The lowest BCUT2D eigenvalue weighted by atomic mass is 10.1. The zero-order valence-electron chi connectivity index (χ0n) is 16.7. The Morgan fingerprint density at radius 3 is 2.70 bits per heavy atom. The molecule has 0 atom stereocenters. The number of amides is 2. The van der Waals surface area contributed by atoms with Crippen molar-refractivity contribution in [2.75, 3.05) is 7.11 Å². The molecule has 3 heterocycles. The highest BCUT2D eigenvalue weighted by molar-refractivity contribution is 8.18. The molecule has 154 valence electrons. The standard InChI is InChI=1S/C22H20N2O5S/c1-13(2)23-11-14(16-6-4-5-7-17(16)23)10-19-20(25)24(22(27)30-19)12-15-8-9-18(29-15)21(26)28-3/h4-11,13H,12H2,1-3H3/b19-10+. The van der Waals surface area contributed by atoms with Crippen molar-refractivity contribution in [1.29, 1.82) is 0 Å². The van der Waals surface area contributed by atoms with Crippen LogP contribution in [0.5, 0.6) is 0 Å². The molecule has 0 saturated carbocycles. The maximum atomic E-state index is 12.9. The molecule has 1 aromatic carbocycles. The molecule has 0 radical (unpaired) electrons. The molecule has 0 aliphatic carbocycles. The van der Waals surface area contributed by atoms with E-state index in [0.717, 1.165) is 33.1 Å². The molecular formula is C22H20N2O5S. The number of hydrogen-bond donors (Lipinski definition) is 0. The highest BCUT2D eigenvalue weighted by Crippen LogP contribution is 2.35. The maximum Gasteiger partial charge on any atom is 0.373 e. The highest BCUT2D eigenvalue weighted by Gasteiger charge is 2.36. The lowest BCUT2D eigenvalue weighted by molar-refractivity contribution is -0.123. The first-order valence-electron chi connectivity index (χ1n) is 9.41. The summed E-state index contributed by atoms with van der Waals surface area (Å²) >= 11 is 0.896. The number of benzene rings is 1. The van der Waals surface area contributed by atoms with Gasteiger partial charge in [0.25, 0.3) is 11.1 Å². The normalized spacial score (nSPS) is 15.7. The fraction of sp³-hybridized carbons (Fsp3) is 0.227. The van der Waals surface area contributed by atoms with Gasteiger partial charge in [-0.25, -0.2) is 4.79 Å². The van der Waals surface area contributed by atoms with E-state index in [9.17, 15) is 14.4 Å². The maximum absolute atomic E-state index is 12.9. The first-order valence-corrected chi connectivity index (χ1v) is 10.2. The second-order valence-corrected chi connectivity index (χ2v) is 8.12. The Balaban J connectivity index is 1.62. The smallest absolute Gasteiger partial charge is 0.373 e. The number of aromatic nitrogens is 1. The Morgan fingerprint density at radius 2 is 1.97 bits per heavy atom. The molecule has 0 N–H and O–H groups in total. The summed E-state index contributed by atoms with van der Waals surface area (Å²) in [5, 5.41) is 0.640. The average molecular weight is 424 g/mol. The third kappa shape index (κ3) is 3.54. The number of imide groups is 1. The number of hydrogen-bond acceptors (Lipinski definition) is 6. The summed E-state index contributed by atoms with van der Waals surface area (Å²) in [6.07, 6.45) is 3.76. The Hall–Kier alpha value is -3.26. The first kappa shape index (κ1) is 20.0. The van der Waals surface area contributed by atoms with Gasteiger partial charge in [0.2, 0.25) is 5.76 Å². The number of rotatable bonds is 5. The average Bonchev–Trinajstić information content (AvgIpc) is 3.41. The summed E-state index contributed by atoms with van der Waals surface area (Å²) in [7, 11) is 1.25. The van der Waals surface area contributed by atoms with E-state index < -0.39 is 5.97 Å². The number of thioether (sulfide) groups is 1. The van der Waals surface area contributed by atoms with E-state index >= 15 is 0 Å². The van der Waals surface area contributed by atoms with Gasteiger partial charge < -0.3 is 13.7 Å². The predicted molar refractivity (Wildman–Crippen MR) is 114 cm³/mol. The van der Waals surface area contributed by atoms with Gasteiger partial charge in [-0.1, -0.05) is 18.2 Å². The lowest BCUT2D eigenvalue weighted by Gasteiger charge is -2.09. The van der Waals surface area contributed by atoms with Crippen LogP contribution in [-0.4, -0.2) is 33.7 Å². The van der Waals surface area contributed by atoms with Crippen LogP contribution in [0.2, 0.25) is 0 Å². The molecule has 30 heavy (non-hydrogen) atoms. The van der Waals surface area contributed by atoms with Gasteiger partial charge in [0, 0.05) is 28.7 Å². The van der Waals surface area contributed by atoms with Gasteiger partial charge in [0.05, 0.1) is 18.6 Å². The summed E-state index contributed by atoms with van der Waals surface area (Å²) < 4.78 is 12.1. The van der Waals surface area contributed by atoms with E-state index in [-0.39, 0.29) is 29.5 Å². The van der Waals surface area contributed by atoms with Gasteiger partial charge in [0.1, 0.15) is 5.76 Å². The molecule has 1 aliphatic rings. The number of esters is 1. The highest BCUT2D eigenvalue weighted by atomic mass is 32.2. The molecule has 1 aliphatic heterocycles. The van der Waals surface area contributed by atoms with Crippen LogP contribution in [0.25, 0.3) is 17.0 Å². The van der Waals surface area contributed by atoms with E-state index in [2.05, 4.69) is 23.2 Å². The number of para-hydroxylation sites is 1. The Kier molecular flexibility index (Phi) is 5.26. The molecule has 0 unspecified atom stereocenters. The van der Waals surface area contributed by atoms with Gasteiger partial charge in [-0.05, 0) is 49.9 Å². The summed E-state index contributed by atoms with van der Waals surface area (Å²) in [4.78, 5) is 38.3. The number of carbonyl (C=O) groups excluding carboxylic acids is 3. The van der Waals surface area contributed by atoms with Crippen LogP contribution in [0.4, 0.5) is 4.79 Å². The number of fused-ring (bicyclic) bond motifs is 1. The lowest BCUT2D eigenvalue weighted by Crippen LogP contribution is -2.27. The number of ether oxygens (including phenoxy) is 1. The minimum atomic E-state index is -0.614. The van der Waals surface area contributed by atoms with Crippen molar-refractivity contribution in [3.05, 3.63) is 64.6 Å². The number of furan rings is 1. The minimum Gasteiger partial charge on any atom is -0.463 e. The summed E-state index contributed by atoms with van der Waals surface area (Å²) in [5.74, 6) is -0.647. The van der Waals surface area contributed by atoms with Crippen molar-refractivity contribution < 1.29 is 23.5 Å². The zero-order chi connectivity index (χ0) is 21.4. The number of carbonyl (C=O) groups is 3. The number of methoxy groups -OCH3 is 1. The molecule has 7 nitrogen and oxygen atoms in total. The van der Waals surface area contributed by atoms with Crippen molar-refractivity contribution in [2.45, 2.75) is 26.4 Å². The molecule has 3 aromatic rings. The summed E-state index contributed by atoms with van der Waals surface area (Å²) in [6, 6.07) is 11.2.